The number of likely N-dealkylation sites (tertiary alicyclic amines) is 1. The van der Waals surface area contributed by atoms with E-state index in [9.17, 15) is 39.6 Å². The van der Waals surface area contributed by atoms with Crippen LogP contribution in [0.4, 0.5) is 26.3 Å². The van der Waals surface area contributed by atoms with E-state index in [1.165, 1.54) is 6.07 Å². The summed E-state index contributed by atoms with van der Waals surface area (Å²) in [5, 5.41) is 10.8. The second-order valence-electron chi connectivity index (χ2n) is 9.29. The van der Waals surface area contributed by atoms with Gasteiger partial charge in [0.15, 0.2) is 15.9 Å². The second kappa shape index (κ2) is 11.0. The second-order valence-corrected chi connectivity index (χ2v) is 11.8. The molecule has 36 heavy (non-hydrogen) atoms. The van der Waals surface area contributed by atoms with Crippen molar-refractivity contribution < 1.29 is 54.8 Å². The number of rotatable bonds is 4. The van der Waals surface area contributed by atoms with E-state index in [0.29, 0.717) is 32.0 Å². The minimum atomic E-state index is -5.19. The molecular weight excluding hydrogens is 518 g/mol. The first-order chi connectivity index (χ1) is 16.4. The number of carbonyl (C=O) groups excluding carboxylic acids is 2. The van der Waals surface area contributed by atoms with Gasteiger partial charge in [-0.1, -0.05) is 6.07 Å². The molecule has 0 radical (unpaired) electrons. The molecule has 0 saturated carbocycles. The van der Waals surface area contributed by atoms with Gasteiger partial charge in [0.1, 0.15) is 5.97 Å². The van der Waals surface area contributed by atoms with Crippen LogP contribution in [-0.2, 0) is 25.6 Å². The summed E-state index contributed by atoms with van der Waals surface area (Å²) in [4.78, 5) is 22.9. The van der Waals surface area contributed by atoms with Gasteiger partial charge in [-0.05, 0) is 50.8 Å². The van der Waals surface area contributed by atoms with Gasteiger partial charge in [-0.15, -0.1) is 0 Å². The number of halogens is 6. The molecule has 2 aliphatic rings. The van der Waals surface area contributed by atoms with Gasteiger partial charge >= 0.3 is 12.4 Å². The number of alkyl halides is 6. The van der Waals surface area contributed by atoms with Crippen LogP contribution in [0.5, 0.6) is 0 Å². The number of amides is 1. The minimum absolute atomic E-state index is 0.0339. The Morgan fingerprint density at radius 2 is 1.58 bits per heavy atom. The Balaban J connectivity index is 0.000000572. The van der Waals surface area contributed by atoms with E-state index in [0.717, 1.165) is 31.5 Å². The number of piperidine rings is 1. The molecule has 0 spiro atoms. The number of carboxylic acid groups (broad SMARTS) is 1. The molecule has 2 N–H and O–H groups in total. The number of carboxylic acids is 1. The van der Waals surface area contributed by atoms with Crippen LogP contribution in [-0.4, -0.2) is 61.8 Å². The molecule has 0 unspecified atom stereocenters. The van der Waals surface area contributed by atoms with E-state index in [1.807, 2.05) is 0 Å². The van der Waals surface area contributed by atoms with Gasteiger partial charge in [0, 0.05) is 25.9 Å². The fraction of sp³-hybridized carbons (Fsp3) is 0.636. The molecule has 1 aromatic rings. The van der Waals surface area contributed by atoms with Crippen molar-refractivity contribution in [2.24, 2.45) is 5.92 Å². The van der Waals surface area contributed by atoms with Crippen LogP contribution in [0.2, 0.25) is 0 Å². The lowest BCUT2D eigenvalue weighted by molar-refractivity contribution is -0.658. The Morgan fingerprint density at radius 3 is 2.03 bits per heavy atom. The van der Waals surface area contributed by atoms with Crippen LogP contribution < -0.4 is 10.4 Å². The molecule has 1 amide bonds. The van der Waals surface area contributed by atoms with Crippen molar-refractivity contribution in [2.45, 2.75) is 67.6 Å². The monoisotopic (exact) mass is 546 g/mol. The first-order valence-corrected chi connectivity index (χ1v) is 12.7. The first-order valence-electron chi connectivity index (χ1n) is 11.2. The summed E-state index contributed by atoms with van der Waals surface area (Å²) in [7, 11) is -3.98. The first kappa shape index (κ1) is 29.9. The van der Waals surface area contributed by atoms with Gasteiger partial charge in [-0.3, -0.25) is 4.79 Å². The quantitative estimate of drug-likeness (QED) is 0.576. The number of nitrogens with zero attached hydrogens (tertiary/aromatic N) is 1. The average Bonchev–Trinajstić information content (AvgIpc) is 3.33. The number of quaternary nitrogens is 1. The van der Waals surface area contributed by atoms with Gasteiger partial charge in [0.05, 0.1) is 21.8 Å². The molecule has 3 rings (SSSR count). The molecule has 0 aromatic heterocycles. The van der Waals surface area contributed by atoms with Crippen LogP contribution in [0.15, 0.2) is 29.2 Å². The highest BCUT2D eigenvalue weighted by Gasteiger charge is 2.45. The van der Waals surface area contributed by atoms with Crippen molar-refractivity contribution in [1.82, 2.24) is 4.90 Å². The topological polar surface area (TPSA) is 111 Å². The Labute approximate surface area is 204 Å². The van der Waals surface area contributed by atoms with Crippen molar-refractivity contribution in [1.29, 1.82) is 0 Å². The lowest BCUT2D eigenvalue weighted by atomic mass is 9.85. The normalized spacial score (nSPS) is 20.0. The molecule has 2 heterocycles. The zero-order chi connectivity index (χ0) is 27.5. The third-order valence-corrected chi connectivity index (χ3v) is 9.27. The van der Waals surface area contributed by atoms with Gasteiger partial charge in [-0.2, -0.15) is 26.3 Å². The zero-order valence-electron chi connectivity index (χ0n) is 19.7. The number of hydrogen-bond donors (Lipinski definition) is 1. The maximum atomic E-state index is 13.2. The molecule has 2 aliphatic heterocycles. The van der Waals surface area contributed by atoms with E-state index in [2.05, 4.69) is 5.32 Å². The van der Waals surface area contributed by atoms with Crippen LogP contribution >= 0.6 is 0 Å². The fourth-order valence-corrected chi connectivity index (χ4v) is 6.21. The highest BCUT2D eigenvalue weighted by Crippen LogP contribution is 2.39. The molecular formula is C22H28F6N2O5S. The van der Waals surface area contributed by atoms with E-state index in [-0.39, 0.29) is 22.8 Å². The molecule has 7 nitrogen and oxygen atoms in total. The van der Waals surface area contributed by atoms with E-state index >= 15 is 0 Å². The Kier molecular flexibility index (Phi) is 9.09. The molecule has 2 fully saturated rings. The van der Waals surface area contributed by atoms with Crippen LogP contribution in [0.25, 0.3) is 0 Å². The maximum absolute atomic E-state index is 13.2. The highest BCUT2D eigenvalue weighted by molar-refractivity contribution is 7.92. The summed E-state index contributed by atoms with van der Waals surface area (Å²) in [5.41, 5.74) is -0.970. The van der Waals surface area contributed by atoms with Crippen LogP contribution in [0.3, 0.4) is 0 Å². The van der Waals surface area contributed by atoms with Gasteiger partial charge in [0.25, 0.3) is 5.91 Å². The van der Waals surface area contributed by atoms with Crippen molar-refractivity contribution in [3.05, 3.63) is 29.8 Å². The third kappa shape index (κ3) is 6.90. The molecule has 0 aliphatic carbocycles. The number of benzene rings is 1. The third-order valence-electron chi connectivity index (χ3n) is 6.67. The summed E-state index contributed by atoms with van der Waals surface area (Å²) in [6.45, 7) is 5.07. The molecule has 0 bridgehead atoms. The number of sulfone groups is 1. The fourth-order valence-electron chi connectivity index (χ4n) is 4.39. The van der Waals surface area contributed by atoms with Gasteiger partial charge < -0.3 is 20.1 Å². The maximum Gasteiger partial charge on any atom is 0.430 e. The molecule has 1 atom stereocenters. The van der Waals surface area contributed by atoms with Crippen molar-refractivity contribution in [3.63, 3.8) is 0 Å². The lowest BCUT2D eigenvalue weighted by Gasteiger charge is -2.40. The predicted octanol–water partition coefficient (Wildman–Crippen LogP) is 1.52. The van der Waals surface area contributed by atoms with Gasteiger partial charge in [-0.25, -0.2) is 8.42 Å². The molecule has 14 heteroatoms. The predicted molar refractivity (Wildman–Crippen MR) is 113 cm³/mol. The molecule has 204 valence electrons. The summed E-state index contributed by atoms with van der Waals surface area (Å²) >= 11 is 0. The van der Waals surface area contributed by atoms with E-state index in [4.69, 9.17) is 9.90 Å². The minimum Gasteiger partial charge on any atom is -0.542 e. The summed E-state index contributed by atoms with van der Waals surface area (Å²) in [6, 6.07) is 3.90. The highest BCUT2D eigenvalue weighted by atomic mass is 32.2. The van der Waals surface area contributed by atoms with Crippen molar-refractivity contribution in [2.75, 3.05) is 19.6 Å². The molecule has 2 saturated heterocycles. The zero-order valence-corrected chi connectivity index (χ0v) is 20.5. The Bertz CT molecular complexity index is 1040. The molecule has 1 aromatic carbocycles. The number of hydrogen-bond acceptors (Lipinski definition) is 5. The van der Waals surface area contributed by atoms with Crippen LogP contribution in [0, 0.1) is 5.92 Å². The number of nitrogens with two attached hydrogens (primary N) is 1. The Morgan fingerprint density at radius 1 is 1.03 bits per heavy atom. The standard InChI is InChI=1S/C20H27F3N2O3S.C2HF3O2/c1-19(2,29(27,28)16-6-3-5-15(13-16)20(21,22)23)14-8-11-25(12-9-14)18(26)17-7-4-10-24-17;3-2(4,5)1(6)7/h3,5-6,13-14,17,24H,4,7-12H2,1-2H3;(H,6,7)/t17-;/m1./s1. The lowest BCUT2D eigenvalue weighted by Crippen LogP contribution is -2.89. The van der Waals surface area contributed by atoms with Crippen molar-refractivity contribution >= 4 is 21.7 Å². The number of carbonyl (C=O) groups is 2. The SMILES string of the molecule is CC(C)(C1CCN(C(=O)[C@H]2CCC[NH2+]2)CC1)S(=O)(=O)c1cccc(C(F)(F)F)c1.O=C([O-])C(F)(F)F. The summed E-state index contributed by atoms with van der Waals surface area (Å²) < 4.78 is 95.8. The van der Waals surface area contributed by atoms with E-state index in [1.54, 1.807) is 18.7 Å². The van der Waals surface area contributed by atoms with Crippen LogP contribution in [0.1, 0.15) is 45.1 Å². The summed E-state index contributed by atoms with van der Waals surface area (Å²) in [5.74, 6) is -3.13. The Hall–Kier alpha value is -2.35. The smallest absolute Gasteiger partial charge is 0.430 e. The van der Waals surface area contributed by atoms with Gasteiger partial charge in [0.2, 0.25) is 0 Å². The van der Waals surface area contributed by atoms with Crippen molar-refractivity contribution in [3.8, 4) is 0 Å². The summed E-state index contributed by atoms with van der Waals surface area (Å²) in [6.07, 6.45) is -6.87. The average molecular weight is 547 g/mol. The number of aliphatic carboxylic acids is 1. The van der Waals surface area contributed by atoms with E-state index < -0.39 is 38.5 Å². The largest absolute Gasteiger partial charge is 0.542 e.